The van der Waals surface area contributed by atoms with Crippen LogP contribution >= 0.6 is 0 Å². The van der Waals surface area contributed by atoms with Crippen LogP contribution in [0.4, 0.5) is 0 Å². The molecule has 0 amide bonds. The van der Waals surface area contributed by atoms with E-state index in [2.05, 4.69) is 104 Å². The fraction of sp³-hybridized carbons (Fsp3) is 0.325. The normalized spacial score (nSPS) is 16.0. The molecular formula is C40H44N2. The van der Waals surface area contributed by atoms with Gasteiger partial charge in [0.1, 0.15) is 5.82 Å². The van der Waals surface area contributed by atoms with E-state index in [9.17, 15) is 0 Å². The first-order chi connectivity index (χ1) is 20.7. The summed E-state index contributed by atoms with van der Waals surface area (Å²) in [5.41, 5.74) is 13.8. The Labute approximate surface area is 252 Å². The third-order valence-corrected chi connectivity index (χ3v) is 8.96. The van der Waals surface area contributed by atoms with Crippen molar-refractivity contribution in [3.63, 3.8) is 0 Å². The Balaban J connectivity index is 0.00000101. The Morgan fingerprint density at radius 2 is 1.74 bits per heavy atom. The van der Waals surface area contributed by atoms with Crippen LogP contribution in [-0.2, 0) is 12.8 Å². The number of rotatable bonds is 6. The molecule has 0 aliphatic heterocycles. The predicted molar refractivity (Wildman–Crippen MR) is 179 cm³/mol. The molecule has 2 nitrogen and oxygen atoms in total. The zero-order valence-corrected chi connectivity index (χ0v) is 25.4. The first-order valence-electron chi connectivity index (χ1n) is 16.1. The van der Waals surface area contributed by atoms with Crippen LogP contribution in [0.2, 0.25) is 0 Å². The molecule has 0 bridgehead atoms. The van der Waals surface area contributed by atoms with Gasteiger partial charge in [0.25, 0.3) is 0 Å². The van der Waals surface area contributed by atoms with Gasteiger partial charge in [-0.25, -0.2) is 4.98 Å². The van der Waals surface area contributed by atoms with E-state index in [1.165, 1.54) is 102 Å². The minimum atomic E-state index is 0.566. The summed E-state index contributed by atoms with van der Waals surface area (Å²) in [7, 11) is 0. The van der Waals surface area contributed by atoms with Gasteiger partial charge in [-0.2, -0.15) is 0 Å². The van der Waals surface area contributed by atoms with Gasteiger partial charge in [-0.1, -0.05) is 106 Å². The highest BCUT2D eigenvalue weighted by Crippen LogP contribution is 2.43. The average Bonchev–Trinajstić information content (AvgIpc) is 3.67. The third-order valence-electron chi connectivity index (χ3n) is 8.96. The van der Waals surface area contributed by atoms with Gasteiger partial charge in [0.15, 0.2) is 0 Å². The number of aromatic nitrogens is 2. The smallest absolute Gasteiger partial charge is 0.144 e. The van der Waals surface area contributed by atoms with Crippen LogP contribution in [0, 0.1) is 0 Å². The summed E-state index contributed by atoms with van der Waals surface area (Å²) in [4.78, 5) is 4.96. The number of imidazole rings is 1. The minimum Gasteiger partial charge on any atom is -0.299 e. The quantitative estimate of drug-likeness (QED) is 0.218. The van der Waals surface area contributed by atoms with Crippen molar-refractivity contribution in [1.82, 2.24) is 9.55 Å². The maximum absolute atomic E-state index is 4.96. The maximum atomic E-state index is 4.96. The molecule has 0 N–H and O–H groups in total. The van der Waals surface area contributed by atoms with Crippen LogP contribution < -0.4 is 0 Å². The average molecular weight is 553 g/mol. The van der Waals surface area contributed by atoms with Gasteiger partial charge in [-0.3, -0.25) is 4.57 Å². The molecule has 2 heteroatoms. The lowest BCUT2D eigenvalue weighted by Crippen LogP contribution is -2.12. The second-order valence-electron chi connectivity index (χ2n) is 12.1. The minimum absolute atomic E-state index is 0.566. The van der Waals surface area contributed by atoms with Crippen LogP contribution in [0.3, 0.4) is 0 Å². The van der Waals surface area contributed by atoms with E-state index in [4.69, 9.17) is 4.98 Å². The molecule has 1 saturated carbocycles. The van der Waals surface area contributed by atoms with Gasteiger partial charge in [0.2, 0.25) is 0 Å². The molecule has 3 aromatic carbocycles. The first kappa shape index (κ1) is 28.2. The van der Waals surface area contributed by atoms with E-state index < -0.39 is 0 Å². The van der Waals surface area contributed by atoms with Crippen LogP contribution in [0.15, 0.2) is 103 Å². The summed E-state index contributed by atoms with van der Waals surface area (Å²) in [5.74, 6) is 1.60. The van der Waals surface area contributed by atoms with Gasteiger partial charge < -0.3 is 0 Å². The van der Waals surface area contributed by atoms with Crippen molar-refractivity contribution in [3.8, 4) is 28.2 Å². The van der Waals surface area contributed by atoms with Crippen LogP contribution in [0.1, 0.15) is 93.4 Å². The second-order valence-corrected chi connectivity index (χ2v) is 12.1. The molecule has 0 unspecified atom stereocenters. The number of hydrogen-bond acceptors (Lipinski definition) is 1. The van der Waals surface area contributed by atoms with Crippen molar-refractivity contribution in [3.05, 3.63) is 126 Å². The van der Waals surface area contributed by atoms with Crippen molar-refractivity contribution in [2.75, 3.05) is 0 Å². The number of nitrogens with zero attached hydrogens (tertiary/aromatic N) is 2. The largest absolute Gasteiger partial charge is 0.299 e. The van der Waals surface area contributed by atoms with Crippen molar-refractivity contribution < 1.29 is 0 Å². The lowest BCUT2D eigenvalue weighted by Gasteiger charge is -2.28. The highest BCUT2D eigenvalue weighted by atomic mass is 15.1. The highest BCUT2D eigenvalue weighted by Gasteiger charge is 2.26. The first-order valence-corrected chi connectivity index (χ1v) is 16.1. The van der Waals surface area contributed by atoms with Crippen molar-refractivity contribution in [1.29, 1.82) is 0 Å². The van der Waals surface area contributed by atoms with E-state index >= 15 is 0 Å². The molecule has 42 heavy (non-hydrogen) atoms. The van der Waals surface area contributed by atoms with Gasteiger partial charge in [-0.15, -0.1) is 6.58 Å². The summed E-state index contributed by atoms with van der Waals surface area (Å²) in [5, 5.41) is 0. The molecule has 1 heterocycles. The van der Waals surface area contributed by atoms with E-state index in [-0.39, 0.29) is 0 Å². The van der Waals surface area contributed by atoms with E-state index in [1.807, 2.05) is 12.3 Å². The SMILES string of the molecule is C=CCc1cc(-c2ccccc2)cc(C2CCCCC2)c1-n1ccnc1-c1ccc2c(c1)C1=C(CCC=C1)C2.CCC. The molecular weight excluding hydrogens is 508 g/mol. The lowest BCUT2D eigenvalue weighted by atomic mass is 9.81. The molecule has 1 fully saturated rings. The summed E-state index contributed by atoms with van der Waals surface area (Å²) >= 11 is 0. The highest BCUT2D eigenvalue weighted by molar-refractivity contribution is 5.86. The zero-order chi connectivity index (χ0) is 28.9. The molecule has 0 atom stereocenters. The monoisotopic (exact) mass is 552 g/mol. The summed E-state index contributed by atoms with van der Waals surface area (Å²) in [6, 6.07) is 22.7. The maximum Gasteiger partial charge on any atom is 0.144 e. The van der Waals surface area contributed by atoms with Gasteiger partial charge in [0, 0.05) is 18.0 Å². The van der Waals surface area contributed by atoms with Crippen molar-refractivity contribution >= 4 is 5.57 Å². The number of benzene rings is 3. The summed E-state index contributed by atoms with van der Waals surface area (Å²) in [6.07, 6.45) is 22.9. The lowest BCUT2D eigenvalue weighted by molar-refractivity contribution is 0.443. The fourth-order valence-electron chi connectivity index (χ4n) is 7.07. The van der Waals surface area contributed by atoms with E-state index in [1.54, 1.807) is 5.57 Å². The number of fused-ring (bicyclic) bond motifs is 2. The molecule has 0 radical (unpaired) electrons. The van der Waals surface area contributed by atoms with E-state index in [0.29, 0.717) is 5.92 Å². The molecule has 4 aromatic rings. The Hall–Kier alpha value is -3.91. The molecule has 3 aliphatic carbocycles. The molecule has 3 aliphatic rings. The Kier molecular flexibility index (Phi) is 8.70. The molecule has 214 valence electrons. The van der Waals surface area contributed by atoms with Crippen LogP contribution in [0.25, 0.3) is 33.8 Å². The predicted octanol–water partition coefficient (Wildman–Crippen LogP) is 11.1. The van der Waals surface area contributed by atoms with Gasteiger partial charge in [0.05, 0.1) is 5.69 Å². The second kappa shape index (κ2) is 12.9. The van der Waals surface area contributed by atoms with Gasteiger partial charge >= 0.3 is 0 Å². The summed E-state index contributed by atoms with van der Waals surface area (Å²) in [6.45, 7) is 8.39. The fourth-order valence-corrected chi connectivity index (χ4v) is 7.07. The number of hydrogen-bond donors (Lipinski definition) is 0. The van der Waals surface area contributed by atoms with Crippen LogP contribution in [-0.4, -0.2) is 9.55 Å². The third kappa shape index (κ3) is 5.60. The zero-order valence-electron chi connectivity index (χ0n) is 25.4. The molecule has 0 saturated heterocycles. The number of allylic oxidation sites excluding steroid dienone is 5. The molecule has 1 aromatic heterocycles. The Morgan fingerprint density at radius 3 is 2.52 bits per heavy atom. The summed E-state index contributed by atoms with van der Waals surface area (Å²) < 4.78 is 2.38. The molecule has 0 spiro atoms. The Bertz CT molecular complexity index is 1610. The Morgan fingerprint density at radius 1 is 0.929 bits per heavy atom. The topological polar surface area (TPSA) is 17.8 Å². The van der Waals surface area contributed by atoms with Crippen LogP contribution in [0.5, 0.6) is 0 Å². The standard InChI is InChI=1S/C37H36N2.C3H8/c1-2-11-30-23-32(26-12-5-3-6-13-26)25-35(27-14-7-4-8-15-27)36(30)39-21-20-38-37(39)31-19-18-29-22-28-16-9-10-17-33(28)34(29)24-31;1-3-2/h2-3,5-6,10,12-13,17-21,23-25,27H,1,4,7-9,11,14-16,22H2;3H2,1-2H3. The van der Waals surface area contributed by atoms with Crippen molar-refractivity contribution in [2.45, 2.75) is 84.0 Å². The van der Waals surface area contributed by atoms with Gasteiger partial charge in [-0.05, 0) is 102 Å². The van der Waals surface area contributed by atoms with Crippen molar-refractivity contribution in [2.24, 2.45) is 0 Å². The molecule has 7 rings (SSSR count). The van der Waals surface area contributed by atoms with E-state index in [0.717, 1.165) is 18.7 Å².